The second-order valence-electron chi connectivity index (χ2n) is 7.29. The van der Waals surface area contributed by atoms with Gasteiger partial charge in [0.1, 0.15) is 23.2 Å². The van der Waals surface area contributed by atoms with Gasteiger partial charge in [-0.3, -0.25) is 14.2 Å². The van der Waals surface area contributed by atoms with Gasteiger partial charge in [-0.05, 0) is 17.0 Å². The molecule has 1 amide bonds. The van der Waals surface area contributed by atoms with Crippen LogP contribution < -0.4 is 10.9 Å². The first-order valence-electron chi connectivity index (χ1n) is 9.94. The Morgan fingerprint density at radius 1 is 1.12 bits per heavy atom. The highest BCUT2D eigenvalue weighted by Crippen LogP contribution is 2.33. The lowest BCUT2D eigenvalue weighted by Gasteiger charge is -2.19. The molecular weight excluding hydrogens is 442 g/mol. The summed E-state index contributed by atoms with van der Waals surface area (Å²) >= 11 is 3.00. The molecule has 0 bridgehead atoms. The molecule has 0 saturated heterocycles. The molecule has 160 valence electrons. The average molecular weight is 462 g/mol. The Labute approximate surface area is 191 Å². The van der Waals surface area contributed by atoms with Crippen LogP contribution in [0.2, 0.25) is 0 Å². The molecule has 5 rings (SSSR count). The van der Waals surface area contributed by atoms with Crippen LogP contribution in [0.5, 0.6) is 0 Å². The number of fused-ring (bicyclic) bond motifs is 1. The molecule has 0 saturated carbocycles. The molecular formula is C23H19N5O2S2. The van der Waals surface area contributed by atoms with E-state index in [2.05, 4.69) is 15.3 Å². The Morgan fingerprint density at radius 2 is 1.97 bits per heavy atom. The predicted octanol–water partition coefficient (Wildman–Crippen LogP) is 3.83. The monoisotopic (exact) mass is 461 g/mol. The van der Waals surface area contributed by atoms with Crippen molar-refractivity contribution in [1.82, 2.24) is 24.4 Å². The molecule has 5 aromatic rings. The number of rotatable bonds is 6. The van der Waals surface area contributed by atoms with E-state index < -0.39 is 6.04 Å². The maximum absolute atomic E-state index is 13.2. The van der Waals surface area contributed by atoms with Crippen molar-refractivity contribution >= 4 is 38.8 Å². The van der Waals surface area contributed by atoms with Crippen molar-refractivity contribution in [3.63, 3.8) is 0 Å². The zero-order valence-corrected chi connectivity index (χ0v) is 18.8. The number of nitrogens with zero attached hydrogens (tertiary/aromatic N) is 4. The van der Waals surface area contributed by atoms with Crippen LogP contribution in [0.1, 0.15) is 17.4 Å². The standard InChI is InChI=1S/C23H19N5O2S2/c1-27-10-9-24-21(27)20(15-6-3-2-4-7-15)26-18(29)12-28-14-25-22-19(23(28)30)16(13-32-22)17-8-5-11-31-17/h2-11,13-14,20H,12H2,1H3,(H,26,29). The molecule has 1 aromatic carbocycles. The third-order valence-corrected chi connectivity index (χ3v) is 7.01. The number of imidazole rings is 1. The van der Waals surface area contributed by atoms with Crippen LogP contribution in [0.25, 0.3) is 20.7 Å². The Morgan fingerprint density at radius 3 is 2.69 bits per heavy atom. The lowest BCUT2D eigenvalue weighted by molar-refractivity contribution is -0.122. The van der Waals surface area contributed by atoms with E-state index in [1.807, 2.05) is 71.0 Å². The number of carbonyl (C=O) groups excluding carboxylic acids is 1. The number of amides is 1. The van der Waals surface area contributed by atoms with Crippen LogP contribution in [0.4, 0.5) is 0 Å². The third-order valence-electron chi connectivity index (χ3n) is 5.22. The molecule has 1 N–H and O–H groups in total. The first-order valence-corrected chi connectivity index (χ1v) is 11.7. The fourth-order valence-corrected chi connectivity index (χ4v) is 5.37. The summed E-state index contributed by atoms with van der Waals surface area (Å²) in [7, 11) is 1.88. The number of hydrogen-bond acceptors (Lipinski definition) is 6. The minimum absolute atomic E-state index is 0.130. The zero-order valence-electron chi connectivity index (χ0n) is 17.1. The summed E-state index contributed by atoms with van der Waals surface area (Å²) in [5, 5.41) is 7.50. The van der Waals surface area contributed by atoms with E-state index in [0.717, 1.165) is 16.0 Å². The van der Waals surface area contributed by atoms with Gasteiger partial charge in [-0.2, -0.15) is 0 Å². The molecule has 4 aromatic heterocycles. The van der Waals surface area contributed by atoms with Crippen LogP contribution in [0.15, 0.2) is 76.7 Å². The fraction of sp³-hybridized carbons (Fsp3) is 0.130. The van der Waals surface area contributed by atoms with Gasteiger partial charge in [0.05, 0.1) is 11.7 Å². The minimum atomic E-state index is -0.432. The number of hydrogen-bond donors (Lipinski definition) is 1. The van der Waals surface area contributed by atoms with Gasteiger partial charge in [-0.1, -0.05) is 36.4 Å². The summed E-state index contributed by atoms with van der Waals surface area (Å²) in [5.74, 6) is 0.418. The summed E-state index contributed by atoms with van der Waals surface area (Å²) in [5.41, 5.74) is 1.55. The molecule has 0 radical (unpaired) electrons. The molecule has 0 spiro atoms. The van der Waals surface area contributed by atoms with Crippen molar-refractivity contribution in [1.29, 1.82) is 0 Å². The third kappa shape index (κ3) is 3.76. The van der Waals surface area contributed by atoms with Crippen molar-refractivity contribution in [2.75, 3.05) is 0 Å². The second-order valence-corrected chi connectivity index (χ2v) is 9.10. The normalized spacial score (nSPS) is 12.2. The Balaban J connectivity index is 1.45. The molecule has 7 nitrogen and oxygen atoms in total. The van der Waals surface area contributed by atoms with Gasteiger partial charge in [-0.15, -0.1) is 22.7 Å². The van der Waals surface area contributed by atoms with E-state index in [0.29, 0.717) is 16.0 Å². The van der Waals surface area contributed by atoms with E-state index in [1.54, 1.807) is 17.5 Å². The highest BCUT2D eigenvalue weighted by atomic mass is 32.1. The second kappa shape index (κ2) is 8.52. The zero-order chi connectivity index (χ0) is 22.1. The first kappa shape index (κ1) is 20.3. The maximum Gasteiger partial charge on any atom is 0.263 e. The lowest BCUT2D eigenvalue weighted by atomic mass is 10.1. The Kier molecular flexibility index (Phi) is 5.42. The molecule has 1 atom stereocenters. The van der Waals surface area contributed by atoms with Gasteiger partial charge in [0.2, 0.25) is 5.91 Å². The number of aryl methyl sites for hydroxylation is 1. The van der Waals surface area contributed by atoms with E-state index in [9.17, 15) is 9.59 Å². The maximum atomic E-state index is 13.2. The molecule has 32 heavy (non-hydrogen) atoms. The van der Waals surface area contributed by atoms with Crippen molar-refractivity contribution < 1.29 is 4.79 Å². The highest BCUT2D eigenvalue weighted by molar-refractivity contribution is 7.18. The number of benzene rings is 1. The first-order chi connectivity index (χ1) is 15.6. The van der Waals surface area contributed by atoms with E-state index in [1.165, 1.54) is 22.2 Å². The molecule has 4 heterocycles. The van der Waals surface area contributed by atoms with Crippen molar-refractivity contribution in [3.8, 4) is 10.4 Å². The van der Waals surface area contributed by atoms with Gasteiger partial charge in [0.15, 0.2) is 0 Å². The Hall–Kier alpha value is -3.56. The number of carbonyl (C=O) groups is 1. The van der Waals surface area contributed by atoms with Gasteiger partial charge >= 0.3 is 0 Å². The van der Waals surface area contributed by atoms with Crippen LogP contribution >= 0.6 is 22.7 Å². The smallest absolute Gasteiger partial charge is 0.263 e. The summed E-state index contributed by atoms with van der Waals surface area (Å²) in [4.78, 5) is 36.7. The van der Waals surface area contributed by atoms with Crippen molar-refractivity contribution in [2.24, 2.45) is 7.05 Å². The van der Waals surface area contributed by atoms with Gasteiger partial charge in [-0.25, -0.2) is 9.97 Å². The summed E-state index contributed by atoms with van der Waals surface area (Å²) < 4.78 is 3.23. The predicted molar refractivity (Wildman–Crippen MR) is 127 cm³/mol. The fourth-order valence-electron chi connectivity index (χ4n) is 3.65. The van der Waals surface area contributed by atoms with Gasteiger partial charge < -0.3 is 9.88 Å². The topological polar surface area (TPSA) is 81.8 Å². The van der Waals surface area contributed by atoms with Crippen LogP contribution in [-0.4, -0.2) is 25.0 Å². The summed E-state index contributed by atoms with van der Waals surface area (Å²) in [6.07, 6.45) is 4.97. The van der Waals surface area contributed by atoms with E-state index >= 15 is 0 Å². The molecule has 1 unspecified atom stereocenters. The number of thiophene rings is 2. The van der Waals surface area contributed by atoms with Crippen molar-refractivity contribution in [2.45, 2.75) is 12.6 Å². The van der Waals surface area contributed by atoms with Crippen LogP contribution in [0.3, 0.4) is 0 Å². The molecule has 0 aliphatic heterocycles. The highest BCUT2D eigenvalue weighted by Gasteiger charge is 2.21. The van der Waals surface area contributed by atoms with Gasteiger partial charge in [0, 0.05) is 35.3 Å². The van der Waals surface area contributed by atoms with E-state index in [-0.39, 0.29) is 18.0 Å². The lowest BCUT2D eigenvalue weighted by Crippen LogP contribution is -2.36. The number of nitrogens with one attached hydrogen (secondary N) is 1. The number of aromatic nitrogens is 4. The molecule has 0 aliphatic rings. The largest absolute Gasteiger partial charge is 0.341 e. The van der Waals surface area contributed by atoms with E-state index in [4.69, 9.17) is 0 Å². The van der Waals surface area contributed by atoms with Crippen LogP contribution in [0, 0.1) is 0 Å². The minimum Gasteiger partial charge on any atom is -0.341 e. The average Bonchev–Trinajstić information content (AvgIpc) is 3.55. The SMILES string of the molecule is Cn1ccnc1C(NC(=O)Cn1cnc2scc(-c3cccs3)c2c1=O)c1ccccc1. The molecule has 0 aliphatic carbocycles. The van der Waals surface area contributed by atoms with Gasteiger partial charge in [0.25, 0.3) is 5.56 Å². The molecule has 9 heteroatoms. The summed E-state index contributed by atoms with van der Waals surface area (Å²) in [6.45, 7) is -0.130. The van der Waals surface area contributed by atoms with Crippen molar-refractivity contribution in [3.05, 3.63) is 93.7 Å². The quantitative estimate of drug-likeness (QED) is 0.417. The summed E-state index contributed by atoms with van der Waals surface area (Å²) in [6, 6.07) is 13.1. The Bertz CT molecular complexity index is 1430. The molecule has 0 fully saturated rings. The van der Waals surface area contributed by atoms with Crippen LogP contribution in [-0.2, 0) is 18.4 Å².